The van der Waals surface area contributed by atoms with Gasteiger partial charge in [0.1, 0.15) is 0 Å². The topological polar surface area (TPSA) is 20.2 Å². The fraction of sp³-hybridized carbons (Fsp3) is 0.286. The van der Waals surface area contributed by atoms with Crippen molar-refractivity contribution in [1.82, 2.24) is 0 Å². The smallest absolute Gasteiger partial charge is 0.0925 e. The van der Waals surface area contributed by atoms with Gasteiger partial charge in [-0.1, -0.05) is 36.2 Å². The van der Waals surface area contributed by atoms with Crippen LogP contribution in [0.5, 0.6) is 0 Å². The molecule has 0 aliphatic carbocycles. The number of aliphatic hydroxyl groups excluding tert-OH is 1. The van der Waals surface area contributed by atoms with E-state index in [1.54, 1.807) is 23.5 Å². The minimum absolute atomic E-state index is 0.450. The van der Waals surface area contributed by atoms with E-state index in [1.807, 2.05) is 11.4 Å². The first kappa shape index (κ1) is 13.9. The molecule has 1 atom stereocenters. The minimum atomic E-state index is -0.544. The second-order valence-electron chi connectivity index (χ2n) is 4.08. The molecule has 96 valence electrons. The van der Waals surface area contributed by atoms with Crippen LogP contribution in [0.25, 0.3) is 0 Å². The van der Waals surface area contributed by atoms with Crippen LogP contribution in [0, 0.1) is 0 Å². The van der Waals surface area contributed by atoms with Gasteiger partial charge in [0, 0.05) is 21.3 Å². The SMILES string of the molecule is CCc1ccsc1C(O)Cc1c(Cl)cccc1Cl. The third-order valence-electron chi connectivity index (χ3n) is 2.92. The maximum Gasteiger partial charge on any atom is 0.0925 e. The average Bonchev–Trinajstić information content (AvgIpc) is 2.82. The zero-order valence-corrected chi connectivity index (χ0v) is 12.3. The number of thiophene rings is 1. The third-order valence-corrected chi connectivity index (χ3v) is 4.69. The molecule has 0 saturated heterocycles. The molecule has 0 spiro atoms. The van der Waals surface area contributed by atoms with E-state index in [2.05, 4.69) is 13.0 Å². The van der Waals surface area contributed by atoms with Crippen molar-refractivity contribution in [2.24, 2.45) is 0 Å². The Kier molecular flexibility index (Phi) is 4.68. The Morgan fingerprint density at radius 1 is 1.22 bits per heavy atom. The van der Waals surface area contributed by atoms with E-state index in [4.69, 9.17) is 23.2 Å². The molecule has 1 aromatic heterocycles. The van der Waals surface area contributed by atoms with E-state index in [-0.39, 0.29) is 0 Å². The van der Waals surface area contributed by atoms with Crippen LogP contribution in [0.15, 0.2) is 29.6 Å². The van der Waals surface area contributed by atoms with Gasteiger partial charge in [-0.2, -0.15) is 0 Å². The molecule has 1 N–H and O–H groups in total. The molecule has 0 saturated carbocycles. The van der Waals surface area contributed by atoms with Crippen molar-refractivity contribution in [2.75, 3.05) is 0 Å². The van der Waals surface area contributed by atoms with Gasteiger partial charge in [0.05, 0.1) is 6.10 Å². The highest BCUT2D eigenvalue weighted by molar-refractivity contribution is 7.10. The van der Waals surface area contributed by atoms with Gasteiger partial charge in [-0.3, -0.25) is 0 Å². The number of aryl methyl sites for hydroxylation is 1. The molecule has 0 radical (unpaired) electrons. The van der Waals surface area contributed by atoms with Gasteiger partial charge in [-0.15, -0.1) is 11.3 Å². The van der Waals surface area contributed by atoms with Crippen molar-refractivity contribution in [3.8, 4) is 0 Å². The van der Waals surface area contributed by atoms with Crippen LogP contribution < -0.4 is 0 Å². The zero-order chi connectivity index (χ0) is 13.1. The summed E-state index contributed by atoms with van der Waals surface area (Å²) in [6, 6.07) is 7.45. The zero-order valence-electron chi connectivity index (χ0n) is 9.99. The molecule has 0 aliphatic rings. The highest BCUT2D eigenvalue weighted by Gasteiger charge is 2.17. The predicted molar refractivity (Wildman–Crippen MR) is 78.8 cm³/mol. The van der Waals surface area contributed by atoms with Gasteiger partial charge in [-0.05, 0) is 41.1 Å². The molecular weight excluding hydrogens is 287 g/mol. The Morgan fingerprint density at radius 3 is 2.50 bits per heavy atom. The largest absolute Gasteiger partial charge is 0.387 e. The number of halogens is 2. The predicted octanol–water partition coefficient (Wildman–Crippen LogP) is 4.89. The van der Waals surface area contributed by atoms with Crippen molar-refractivity contribution < 1.29 is 5.11 Å². The summed E-state index contributed by atoms with van der Waals surface area (Å²) in [5, 5.41) is 13.5. The molecule has 1 nitrogen and oxygen atoms in total. The number of aliphatic hydroxyl groups is 1. The van der Waals surface area contributed by atoms with Crippen LogP contribution in [0.2, 0.25) is 10.0 Å². The van der Waals surface area contributed by atoms with Gasteiger partial charge < -0.3 is 5.11 Å². The Balaban J connectivity index is 2.24. The summed E-state index contributed by atoms with van der Waals surface area (Å²) in [5.41, 5.74) is 2.00. The minimum Gasteiger partial charge on any atom is -0.387 e. The average molecular weight is 301 g/mol. The summed E-state index contributed by atoms with van der Waals surface area (Å²) in [5.74, 6) is 0. The molecule has 0 fully saturated rings. The van der Waals surface area contributed by atoms with Gasteiger partial charge in [-0.25, -0.2) is 0 Å². The fourth-order valence-corrected chi connectivity index (χ4v) is 3.48. The third kappa shape index (κ3) is 2.89. The van der Waals surface area contributed by atoms with E-state index in [1.165, 1.54) is 5.56 Å². The van der Waals surface area contributed by atoms with Crippen molar-refractivity contribution >= 4 is 34.5 Å². The maximum atomic E-state index is 10.3. The summed E-state index contributed by atoms with van der Waals surface area (Å²) in [6.07, 6.45) is 0.829. The number of rotatable bonds is 4. The van der Waals surface area contributed by atoms with Crippen LogP contribution >= 0.6 is 34.5 Å². The van der Waals surface area contributed by atoms with E-state index >= 15 is 0 Å². The van der Waals surface area contributed by atoms with Crippen molar-refractivity contribution in [3.05, 3.63) is 55.7 Å². The van der Waals surface area contributed by atoms with Crippen LogP contribution in [0.3, 0.4) is 0 Å². The number of hydrogen-bond donors (Lipinski definition) is 1. The molecule has 1 aromatic carbocycles. The number of hydrogen-bond acceptors (Lipinski definition) is 2. The summed E-state index contributed by atoms with van der Waals surface area (Å²) in [4.78, 5) is 1.01. The summed E-state index contributed by atoms with van der Waals surface area (Å²) in [6.45, 7) is 2.08. The molecule has 1 heterocycles. The van der Waals surface area contributed by atoms with E-state index < -0.39 is 6.10 Å². The Hall–Kier alpha value is -0.540. The Labute approximate surface area is 121 Å². The van der Waals surface area contributed by atoms with E-state index in [0.717, 1.165) is 16.9 Å². The van der Waals surface area contributed by atoms with E-state index in [0.29, 0.717) is 16.5 Å². The quantitative estimate of drug-likeness (QED) is 0.852. The number of benzene rings is 1. The van der Waals surface area contributed by atoms with Crippen molar-refractivity contribution in [3.63, 3.8) is 0 Å². The van der Waals surface area contributed by atoms with Crippen LogP contribution in [-0.2, 0) is 12.8 Å². The van der Waals surface area contributed by atoms with Crippen LogP contribution in [0.1, 0.15) is 29.0 Å². The lowest BCUT2D eigenvalue weighted by molar-refractivity contribution is 0.181. The van der Waals surface area contributed by atoms with Gasteiger partial charge in [0.15, 0.2) is 0 Å². The first-order valence-electron chi connectivity index (χ1n) is 5.80. The second kappa shape index (κ2) is 6.07. The van der Waals surface area contributed by atoms with Gasteiger partial charge in [0.25, 0.3) is 0 Å². The Morgan fingerprint density at radius 2 is 1.89 bits per heavy atom. The fourth-order valence-electron chi connectivity index (χ4n) is 1.95. The highest BCUT2D eigenvalue weighted by Crippen LogP contribution is 2.32. The molecule has 0 aliphatic heterocycles. The lowest BCUT2D eigenvalue weighted by Gasteiger charge is -2.13. The van der Waals surface area contributed by atoms with Gasteiger partial charge in [0.2, 0.25) is 0 Å². The second-order valence-corrected chi connectivity index (χ2v) is 5.85. The molecule has 2 aromatic rings. The highest BCUT2D eigenvalue weighted by atomic mass is 35.5. The van der Waals surface area contributed by atoms with Crippen molar-refractivity contribution in [1.29, 1.82) is 0 Å². The van der Waals surface area contributed by atoms with E-state index in [9.17, 15) is 5.11 Å². The molecule has 0 amide bonds. The molecule has 0 bridgehead atoms. The first-order valence-corrected chi connectivity index (χ1v) is 7.44. The molecule has 1 unspecified atom stereocenters. The molecule has 18 heavy (non-hydrogen) atoms. The standard InChI is InChI=1S/C14H14Cl2OS/c1-2-9-6-7-18-14(9)13(17)8-10-11(15)4-3-5-12(10)16/h3-7,13,17H,2,8H2,1H3. The molecule has 4 heteroatoms. The summed E-state index contributed by atoms with van der Waals surface area (Å²) in [7, 11) is 0. The molecular formula is C14H14Cl2OS. The molecule has 2 rings (SSSR count). The van der Waals surface area contributed by atoms with Gasteiger partial charge >= 0.3 is 0 Å². The first-order chi connectivity index (χ1) is 8.63. The summed E-state index contributed by atoms with van der Waals surface area (Å²) >= 11 is 13.8. The lowest BCUT2D eigenvalue weighted by Crippen LogP contribution is -2.03. The lowest BCUT2D eigenvalue weighted by atomic mass is 10.0. The normalized spacial score (nSPS) is 12.7. The van der Waals surface area contributed by atoms with Crippen LogP contribution in [-0.4, -0.2) is 5.11 Å². The Bertz CT molecular complexity index is 516. The maximum absolute atomic E-state index is 10.3. The van der Waals surface area contributed by atoms with Crippen molar-refractivity contribution in [2.45, 2.75) is 25.9 Å². The monoisotopic (exact) mass is 300 g/mol. The van der Waals surface area contributed by atoms with Crippen LogP contribution in [0.4, 0.5) is 0 Å². The summed E-state index contributed by atoms with van der Waals surface area (Å²) < 4.78 is 0.